The monoisotopic (exact) mass is 273 g/mol. The lowest BCUT2D eigenvalue weighted by Gasteiger charge is -2.10. The molecular formula is C15H19N3O2. The van der Waals surface area contributed by atoms with E-state index in [4.69, 9.17) is 9.47 Å². The number of aromatic nitrogens is 2. The van der Waals surface area contributed by atoms with Crippen LogP contribution in [0.25, 0.3) is 0 Å². The predicted molar refractivity (Wildman–Crippen MR) is 78.1 cm³/mol. The van der Waals surface area contributed by atoms with Gasteiger partial charge in [-0.05, 0) is 31.5 Å². The SMILES string of the molecule is COc1ccc(CNc2cc(OC(C)C)ncn2)cc1. The first-order valence-corrected chi connectivity index (χ1v) is 6.53. The van der Waals surface area contributed by atoms with Crippen molar-refractivity contribution >= 4 is 5.82 Å². The topological polar surface area (TPSA) is 56.3 Å². The van der Waals surface area contributed by atoms with E-state index in [1.165, 1.54) is 6.33 Å². The maximum Gasteiger partial charge on any atom is 0.218 e. The van der Waals surface area contributed by atoms with Gasteiger partial charge in [0.25, 0.3) is 0 Å². The lowest BCUT2D eigenvalue weighted by molar-refractivity contribution is 0.232. The Hall–Kier alpha value is -2.30. The van der Waals surface area contributed by atoms with Gasteiger partial charge in [0.05, 0.1) is 13.2 Å². The lowest BCUT2D eigenvalue weighted by Crippen LogP contribution is -2.08. The summed E-state index contributed by atoms with van der Waals surface area (Å²) < 4.78 is 10.7. The molecule has 2 aromatic rings. The fraction of sp³-hybridized carbons (Fsp3) is 0.333. The number of ether oxygens (including phenoxy) is 2. The van der Waals surface area contributed by atoms with E-state index < -0.39 is 0 Å². The highest BCUT2D eigenvalue weighted by atomic mass is 16.5. The molecule has 0 fully saturated rings. The van der Waals surface area contributed by atoms with Crippen LogP contribution in [-0.2, 0) is 6.54 Å². The second-order valence-corrected chi connectivity index (χ2v) is 4.61. The maximum absolute atomic E-state index is 5.53. The smallest absolute Gasteiger partial charge is 0.218 e. The van der Waals surface area contributed by atoms with Gasteiger partial charge < -0.3 is 14.8 Å². The molecule has 1 aromatic heterocycles. The van der Waals surface area contributed by atoms with Crippen molar-refractivity contribution in [3.05, 3.63) is 42.2 Å². The molecule has 2 rings (SSSR count). The van der Waals surface area contributed by atoms with Crippen molar-refractivity contribution in [3.63, 3.8) is 0 Å². The summed E-state index contributed by atoms with van der Waals surface area (Å²) in [4.78, 5) is 8.24. The van der Waals surface area contributed by atoms with Crippen molar-refractivity contribution in [2.24, 2.45) is 0 Å². The predicted octanol–water partition coefficient (Wildman–Crippen LogP) is 2.88. The molecule has 20 heavy (non-hydrogen) atoms. The second kappa shape index (κ2) is 6.75. The van der Waals surface area contributed by atoms with Crippen LogP contribution in [0.4, 0.5) is 5.82 Å². The molecule has 5 heteroatoms. The van der Waals surface area contributed by atoms with Gasteiger partial charge in [0.1, 0.15) is 17.9 Å². The van der Waals surface area contributed by atoms with E-state index in [0.29, 0.717) is 12.4 Å². The number of rotatable bonds is 6. The van der Waals surface area contributed by atoms with Crippen molar-refractivity contribution in [2.45, 2.75) is 26.5 Å². The van der Waals surface area contributed by atoms with E-state index in [1.54, 1.807) is 13.2 Å². The Balaban J connectivity index is 1.95. The summed E-state index contributed by atoms with van der Waals surface area (Å²) in [6.07, 6.45) is 1.59. The van der Waals surface area contributed by atoms with Gasteiger partial charge >= 0.3 is 0 Å². The van der Waals surface area contributed by atoms with Crippen LogP contribution in [-0.4, -0.2) is 23.2 Å². The van der Waals surface area contributed by atoms with Crippen molar-refractivity contribution in [1.82, 2.24) is 9.97 Å². The van der Waals surface area contributed by atoms with Gasteiger partial charge in [-0.3, -0.25) is 0 Å². The number of anilines is 1. The van der Waals surface area contributed by atoms with Crippen LogP contribution in [0, 0.1) is 0 Å². The summed E-state index contributed by atoms with van der Waals surface area (Å²) >= 11 is 0. The Morgan fingerprint density at radius 2 is 1.90 bits per heavy atom. The van der Waals surface area contributed by atoms with Crippen molar-refractivity contribution in [1.29, 1.82) is 0 Å². The molecule has 0 amide bonds. The summed E-state index contributed by atoms with van der Waals surface area (Å²) in [5.74, 6) is 2.17. The van der Waals surface area contributed by atoms with Gasteiger partial charge in [0, 0.05) is 12.6 Å². The first-order valence-electron chi connectivity index (χ1n) is 6.53. The number of methoxy groups -OCH3 is 1. The summed E-state index contributed by atoms with van der Waals surface area (Å²) in [5.41, 5.74) is 1.15. The minimum atomic E-state index is 0.0966. The zero-order valence-electron chi connectivity index (χ0n) is 12.0. The molecule has 0 radical (unpaired) electrons. The third-order valence-corrected chi connectivity index (χ3v) is 2.63. The molecular weight excluding hydrogens is 254 g/mol. The van der Waals surface area contributed by atoms with Gasteiger partial charge in [-0.15, -0.1) is 0 Å². The third-order valence-electron chi connectivity index (χ3n) is 2.63. The number of nitrogens with zero attached hydrogens (tertiary/aromatic N) is 2. The van der Waals surface area contributed by atoms with E-state index in [2.05, 4.69) is 15.3 Å². The second-order valence-electron chi connectivity index (χ2n) is 4.61. The Bertz CT molecular complexity index is 541. The minimum absolute atomic E-state index is 0.0966. The van der Waals surface area contributed by atoms with E-state index in [9.17, 15) is 0 Å². The molecule has 0 unspecified atom stereocenters. The summed E-state index contributed by atoms with van der Waals surface area (Å²) in [6, 6.07) is 9.69. The number of benzene rings is 1. The number of hydrogen-bond acceptors (Lipinski definition) is 5. The summed E-state index contributed by atoms with van der Waals surface area (Å²) in [5, 5.41) is 3.24. The molecule has 0 bridgehead atoms. The fourth-order valence-electron chi connectivity index (χ4n) is 1.68. The van der Waals surface area contributed by atoms with Gasteiger partial charge in [0.15, 0.2) is 0 Å². The molecule has 0 saturated heterocycles. The molecule has 1 aromatic carbocycles. The van der Waals surface area contributed by atoms with E-state index in [-0.39, 0.29) is 6.10 Å². The number of hydrogen-bond donors (Lipinski definition) is 1. The third kappa shape index (κ3) is 4.12. The van der Waals surface area contributed by atoms with E-state index in [1.807, 2.05) is 38.1 Å². The highest BCUT2D eigenvalue weighted by molar-refractivity contribution is 5.38. The van der Waals surface area contributed by atoms with Crippen LogP contribution in [0.2, 0.25) is 0 Å². The molecule has 1 N–H and O–H groups in total. The minimum Gasteiger partial charge on any atom is -0.497 e. The van der Waals surface area contributed by atoms with Crippen molar-refractivity contribution in [3.8, 4) is 11.6 Å². The van der Waals surface area contributed by atoms with Gasteiger partial charge in [0.2, 0.25) is 5.88 Å². The normalized spacial score (nSPS) is 10.4. The summed E-state index contributed by atoms with van der Waals surface area (Å²) in [7, 11) is 1.66. The van der Waals surface area contributed by atoms with Crippen LogP contribution < -0.4 is 14.8 Å². The van der Waals surface area contributed by atoms with E-state index in [0.717, 1.165) is 17.1 Å². The Morgan fingerprint density at radius 3 is 2.55 bits per heavy atom. The zero-order chi connectivity index (χ0) is 14.4. The van der Waals surface area contributed by atoms with Crippen LogP contribution in [0.15, 0.2) is 36.7 Å². The zero-order valence-corrected chi connectivity index (χ0v) is 12.0. The molecule has 0 atom stereocenters. The maximum atomic E-state index is 5.53. The molecule has 0 spiro atoms. The number of nitrogens with one attached hydrogen (secondary N) is 1. The molecule has 5 nitrogen and oxygen atoms in total. The van der Waals surface area contributed by atoms with Crippen molar-refractivity contribution < 1.29 is 9.47 Å². The molecule has 0 aliphatic heterocycles. The largest absolute Gasteiger partial charge is 0.497 e. The van der Waals surface area contributed by atoms with Crippen molar-refractivity contribution in [2.75, 3.05) is 12.4 Å². The van der Waals surface area contributed by atoms with Gasteiger partial charge in [-0.1, -0.05) is 12.1 Å². The van der Waals surface area contributed by atoms with Crippen LogP contribution in [0.5, 0.6) is 11.6 Å². The molecule has 0 aliphatic carbocycles. The first-order chi connectivity index (χ1) is 9.67. The Labute approximate surface area is 119 Å². The molecule has 0 aliphatic rings. The highest BCUT2D eigenvalue weighted by Crippen LogP contribution is 2.15. The van der Waals surface area contributed by atoms with Crippen LogP contribution in [0.3, 0.4) is 0 Å². The van der Waals surface area contributed by atoms with E-state index >= 15 is 0 Å². The van der Waals surface area contributed by atoms with Crippen LogP contribution >= 0.6 is 0 Å². The molecule has 106 valence electrons. The average molecular weight is 273 g/mol. The van der Waals surface area contributed by atoms with Gasteiger partial charge in [-0.25, -0.2) is 9.97 Å². The standard InChI is InChI=1S/C15H19N3O2/c1-11(2)20-15-8-14(17-10-18-15)16-9-12-4-6-13(19-3)7-5-12/h4-8,10-11H,9H2,1-3H3,(H,16,17,18). The highest BCUT2D eigenvalue weighted by Gasteiger charge is 2.02. The summed E-state index contributed by atoms with van der Waals surface area (Å²) in [6.45, 7) is 4.61. The van der Waals surface area contributed by atoms with Gasteiger partial charge in [-0.2, -0.15) is 0 Å². The van der Waals surface area contributed by atoms with Crippen LogP contribution in [0.1, 0.15) is 19.4 Å². The lowest BCUT2D eigenvalue weighted by atomic mass is 10.2. The fourth-order valence-corrected chi connectivity index (χ4v) is 1.68. The Morgan fingerprint density at radius 1 is 1.15 bits per heavy atom. The molecule has 0 saturated carbocycles. The quantitative estimate of drug-likeness (QED) is 0.877. The average Bonchev–Trinajstić information content (AvgIpc) is 2.45. The molecule has 1 heterocycles. The first kappa shape index (κ1) is 14.1. The Kier molecular flexibility index (Phi) is 4.76.